The number of piperidine rings is 2. The Bertz CT molecular complexity index is 406. The number of aromatic nitrogens is 2. The summed E-state index contributed by atoms with van der Waals surface area (Å²) in [4.78, 5) is 7.36. The predicted molar refractivity (Wildman–Crippen MR) is 89.2 cm³/mol. The van der Waals surface area contributed by atoms with Gasteiger partial charge in [-0.25, -0.2) is 4.98 Å². The molecule has 1 N–H and O–H groups in total. The van der Waals surface area contributed by atoms with Crippen LogP contribution in [0.3, 0.4) is 0 Å². The zero-order valence-corrected chi connectivity index (χ0v) is 13.9. The lowest BCUT2D eigenvalue weighted by atomic mass is 9.93. The van der Waals surface area contributed by atoms with Crippen molar-refractivity contribution < 1.29 is 0 Å². The summed E-state index contributed by atoms with van der Waals surface area (Å²) in [5.74, 6) is 2.01. The molecule has 0 aliphatic carbocycles. The van der Waals surface area contributed by atoms with Crippen LogP contribution in [0.25, 0.3) is 0 Å². The van der Waals surface area contributed by atoms with Crippen LogP contribution in [0.2, 0.25) is 0 Å². The van der Waals surface area contributed by atoms with Gasteiger partial charge in [-0.15, -0.1) is 12.4 Å². The standard InChI is InChI=1S/C16H28N4.ClH/c1-2-10-20-13-9-18-16(20)14-5-11-19(12-6-14)15-3-7-17-8-4-15;/h9,13-15,17H,2-8,10-12H2,1H3;1H. The molecular formula is C16H29ClN4. The summed E-state index contributed by atoms with van der Waals surface area (Å²) < 4.78 is 2.37. The molecule has 0 atom stereocenters. The second-order valence-corrected chi connectivity index (χ2v) is 6.27. The quantitative estimate of drug-likeness (QED) is 0.928. The Balaban J connectivity index is 0.00000161. The van der Waals surface area contributed by atoms with E-state index in [1.807, 2.05) is 6.20 Å². The largest absolute Gasteiger partial charge is 0.335 e. The average Bonchev–Trinajstić information content (AvgIpc) is 2.97. The number of rotatable bonds is 4. The third kappa shape index (κ3) is 3.99. The number of aryl methyl sites for hydroxylation is 1. The van der Waals surface area contributed by atoms with Crippen molar-refractivity contribution in [3.05, 3.63) is 18.2 Å². The van der Waals surface area contributed by atoms with Crippen LogP contribution in [-0.2, 0) is 6.54 Å². The van der Waals surface area contributed by atoms with Crippen molar-refractivity contribution in [3.8, 4) is 0 Å². The van der Waals surface area contributed by atoms with Crippen LogP contribution in [0.1, 0.15) is 50.8 Å². The van der Waals surface area contributed by atoms with Gasteiger partial charge in [0.2, 0.25) is 0 Å². The highest BCUT2D eigenvalue weighted by atomic mass is 35.5. The predicted octanol–water partition coefficient (Wildman–Crippen LogP) is 2.65. The highest BCUT2D eigenvalue weighted by Crippen LogP contribution is 2.29. The lowest BCUT2D eigenvalue weighted by Gasteiger charge is -2.39. The molecule has 2 saturated heterocycles. The fourth-order valence-electron chi connectivity index (χ4n) is 3.81. The van der Waals surface area contributed by atoms with Crippen LogP contribution >= 0.6 is 12.4 Å². The van der Waals surface area contributed by atoms with E-state index in [-0.39, 0.29) is 12.4 Å². The van der Waals surface area contributed by atoms with E-state index >= 15 is 0 Å². The Morgan fingerprint density at radius 1 is 1.19 bits per heavy atom. The van der Waals surface area contributed by atoms with Crippen LogP contribution in [0.15, 0.2) is 12.4 Å². The Morgan fingerprint density at radius 2 is 1.90 bits per heavy atom. The summed E-state index contributed by atoms with van der Waals surface area (Å²) >= 11 is 0. The smallest absolute Gasteiger partial charge is 0.111 e. The van der Waals surface area contributed by atoms with E-state index in [0.717, 1.165) is 12.6 Å². The van der Waals surface area contributed by atoms with Gasteiger partial charge in [-0.3, -0.25) is 0 Å². The van der Waals surface area contributed by atoms with Gasteiger partial charge >= 0.3 is 0 Å². The fraction of sp³-hybridized carbons (Fsp3) is 0.812. The number of halogens is 1. The van der Waals surface area contributed by atoms with E-state index < -0.39 is 0 Å². The van der Waals surface area contributed by atoms with Gasteiger partial charge in [-0.2, -0.15) is 0 Å². The van der Waals surface area contributed by atoms with Crippen molar-refractivity contribution >= 4 is 12.4 Å². The Hall–Kier alpha value is -0.580. The van der Waals surface area contributed by atoms with Crippen LogP contribution < -0.4 is 5.32 Å². The third-order valence-corrected chi connectivity index (χ3v) is 4.93. The second-order valence-electron chi connectivity index (χ2n) is 6.27. The summed E-state index contributed by atoms with van der Waals surface area (Å²) in [6.07, 6.45) is 10.5. The van der Waals surface area contributed by atoms with Crippen molar-refractivity contribution in [2.45, 2.75) is 57.5 Å². The molecule has 0 spiro atoms. The molecule has 4 nitrogen and oxygen atoms in total. The minimum atomic E-state index is 0. The number of hydrogen-bond donors (Lipinski definition) is 1. The van der Waals surface area contributed by atoms with E-state index in [9.17, 15) is 0 Å². The van der Waals surface area contributed by atoms with E-state index in [0.29, 0.717) is 5.92 Å². The Kier molecular flexibility index (Phi) is 6.52. The number of hydrogen-bond acceptors (Lipinski definition) is 3. The maximum atomic E-state index is 4.63. The molecule has 0 radical (unpaired) electrons. The molecule has 1 aromatic rings. The van der Waals surface area contributed by atoms with Crippen LogP contribution in [0.5, 0.6) is 0 Å². The van der Waals surface area contributed by atoms with Crippen LogP contribution in [0, 0.1) is 0 Å². The molecule has 2 aliphatic heterocycles. The second kappa shape index (κ2) is 8.16. The monoisotopic (exact) mass is 312 g/mol. The number of imidazole rings is 1. The lowest BCUT2D eigenvalue weighted by molar-refractivity contribution is 0.124. The molecule has 0 aromatic carbocycles. The minimum absolute atomic E-state index is 0. The third-order valence-electron chi connectivity index (χ3n) is 4.93. The molecule has 0 saturated carbocycles. The minimum Gasteiger partial charge on any atom is -0.335 e. The number of nitrogens with one attached hydrogen (secondary N) is 1. The molecule has 0 bridgehead atoms. The molecule has 2 aliphatic rings. The molecule has 5 heteroatoms. The summed E-state index contributed by atoms with van der Waals surface area (Å²) in [6, 6.07) is 0.826. The first kappa shape index (κ1) is 16.8. The van der Waals surface area contributed by atoms with E-state index in [1.54, 1.807) is 0 Å². The van der Waals surface area contributed by atoms with Crippen molar-refractivity contribution in [2.24, 2.45) is 0 Å². The summed E-state index contributed by atoms with van der Waals surface area (Å²) in [7, 11) is 0. The highest BCUT2D eigenvalue weighted by Gasteiger charge is 2.28. The number of nitrogens with zero attached hydrogens (tertiary/aromatic N) is 3. The normalized spacial score (nSPS) is 22.1. The fourth-order valence-corrected chi connectivity index (χ4v) is 3.81. The average molecular weight is 313 g/mol. The van der Waals surface area contributed by atoms with Crippen molar-refractivity contribution in [3.63, 3.8) is 0 Å². The summed E-state index contributed by atoms with van der Waals surface area (Å²) in [6.45, 7) is 8.27. The van der Waals surface area contributed by atoms with Crippen molar-refractivity contribution in [2.75, 3.05) is 26.2 Å². The molecule has 0 unspecified atom stereocenters. The Morgan fingerprint density at radius 3 is 2.57 bits per heavy atom. The number of likely N-dealkylation sites (tertiary alicyclic amines) is 1. The molecular weight excluding hydrogens is 284 g/mol. The first-order valence-corrected chi connectivity index (χ1v) is 8.34. The zero-order valence-electron chi connectivity index (χ0n) is 13.1. The van der Waals surface area contributed by atoms with Gasteiger partial charge in [0, 0.05) is 30.9 Å². The van der Waals surface area contributed by atoms with E-state index in [1.165, 1.54) is 64.1 Å². The first-order chi connectivity index (χ1) is 9.88. The molecule has 2 fully saturated rings. The molecule has 21 heavy (non-hydrogen) atoms. The van der Waals surface area contributed by atoms with Gasteiger partial charge < -0.3 is 14.8 Å². The van der Waals surface area contributed by atoms with E-state index in [2.05, 4.69) is 32.9 Å². The molecule has 0 amide bonds. The SMILES string of the molecule is CCCn1ccnc1C1CCN(C2CCNCC2)CC1.Cl. The highest BCUT2D eigenvalue weighted by molar-refractivity contribution is 5.85. The summed E-state index contributed by atoms with van der Waals surface area (Å²) in [5.41, 5.74) is 0. The zero-order chi connectivity index (χ0) is 13.8. The maximum Gasteiger partial charge on any atom is 0.111 e. The van der Waals surface area contributed by atoms with Crippen molar-refractivity contribution in [1.82, 2.24) is 19.8 Å². The van der Waals surface area contributed by atoms with Gasteiger partial charge in [0.1, 0.15) is 5.82 Å². The summed E-state index contributed by atoms with van der Waals surface area (Å²) in [5, 5.41) is 3.47. The lowest BCUT2D eigenvalue weighted by Crippen LogP contribution is -2.46. The molecule has 3 rings (SSSR count). The first-order valence-electron chi connectivity index (χ1n) is 8.34. The van der Waals surface area contributed by atoms with Gasteiger partial charge in [0.25, 0.3) is 0 Å². The van der Waals surface area contributed by atoms with Gasteiger partial charge in [0.05, 0.1) is 0 Å². The van der Waals surface area contributed by atoms with Gasteiger partial charge in [0.15, 0.2) is 0 Å². The van der Waals surface area contributed by atoms with Crippen molar-refractivity contribution in [1.29, 1.82) is 0 Å². The van der Waals surface area contributed by atoms with E-state index in [4.69, 9.17) is 0 Å². The van der Waals surface area contributed by atoms with Gasteiger partial charge in [-0.1, -0.05) is 6.92 Å². The topological polar surface area (TPSA) is 33.1 Å². The molecule has 3 heterocycles. The molecule has 1 aromatic heterocycles. The maximum absolute atomic E-state index is 4.63. The van der Waals surface area contributed by atoms with Crippen LogP contribution in [-0.4, -0.2) is 46.7 Å². The van der Waals surface area contributed by atoms with Crippen LogP contribution in [0.4, 0.5) is 0 Å². The van der Waals surface area contributed by atoms with Gasteiger partial charge in [-0.05, 0) is 58.3 Å². The molecule has 120 valence electrons. The Labute approximate surface area is 134 Å².